The molecule has 88 valence electrons. The molecule has 0 aliphatic carbocycles. The molecule has 0 atom stereocenters. The number of hydrogen-bond donors (Lipinski definition) is 0. The zero-order valence-electron chi connectivity index (χ0n) is 10.5. The summed E-state index contributed by atoms with van der Waals surface area (Å²) in [6, 6.07) is 12.1. The molecule has 0 N–H and O–H groups in total. The van der Waals surface area contributed by atoms with E-state index in [4.69, 9.17) is 0 Å². The van der Waals surface area contributed by atoms with Crippen molar-refractivity contribution in [2.24, 2.45) is 0 Å². The molecule has 0 fully saturated rings. The lowest BCUT2D eigenvalue weighted by molar-refractivity contribution is 0.0987. The molecule has 0 aliphatic heterocycles. The Bertz CT molecular complexity index is 538. The van der Waals surface area contributed by atoms with E-state index in [1.165, 1.54) is 0 Å². The van der Waals surface area contributed by atoms with Gasteiger partial charge in [0.15, 0.2) is 5.78 Å². The lowest BCUT2D eigenvalue weighted by atomic mass is 10.1. The number of Topliss-reactive ketones (excluding diaryl/α,β-unsaturated/α-hetero) is 1. The van der Waals surface area contributed by atoms with Gasteiger partial charge < -0.3 is 4.57 Å². The number of nitrogens with zero attached hydrogens (tertiary/aromatic N) is 1. The van der Waals surface area contributed by atoms with Crippen LogP contribution in [0.4, 0.5) is 0 Å². The highest BCUT2D eigenvalue weighted by Gasteiger charge is 2.14. The zero-order chi connectivity index (χ0) is 12.4. The maximum absolute atomic E-state index is 11.8. The Morgan fingerprint density at radius 1 is 1.18 bits per heavy atom. The van der Waals surface area contributed by atoms with Gasteiger partial charge in [0, 0.05) is 29.1 Å². The Morgan fingerprint density at radius 2 is 1.82 bits per heavy atom. The summed E-state index contributed by atoms with van der Waals surface area (Å²) in [5, 5.41) is 0. The van der Waals surface area contributed by atoms with Gasteiger partial charge in [-0.1, -0.05) is 25.1 Å². The minimum Gasteiger partial charge on any atom is -0.318 e. The van der Waals surface area contributed by atoms with Crippen LogP contribution >= 0.6 is 0 Å². The first-order valence-electron chi connectivity index (χ1n) is 5.92. The second-order valence-electron chi connectivity index (χ2n) is 4.23. The van der Waals surface area contributed by atoms with E-state index in [1.54, 1.807) is 0 Å². The van der Waals surface area contributed by atoms with Gasteiger partial charge >= 0.3 is 0 Å². The molecule has 2 heteroatoms. The molecular formula is C15H17NO. The molecule has 0 bridgehead atoms. The fourth-order valence-electron chi connectivity index (χ4n) is 2.21. The zero-order valence-corrected chi connectivity index (χ0v) is 10.5. The second-order valence-corrected chi connectivity index (χ2v) is 4.23. The van der Waals surface area contributed by atoms with E-state index in [2.05, 4.69) is 16.7 Å². The lowest BCUT2D eigenvalue weighted by Gasteiger charge is -2.09. The number of aromatic nitrogens is 1. The predicted molar refractivity (Wildman–Crippen MR) is 69.9 cm³/mol. The second kappa shape index (κ2) is 4.58. The van der Waals surface area contributed by atoms with E-state index in [0.29, 0.717) is 6.42 Å². The Hall–Kier alpha value is -1.83. The monoisotopic (exact) mass is 227 g/mol. The Kier molecular flexibility index (Phi) is 3.14. The first kappa shape index (κ1) is 11.6. The van der Waals surface area contributed by atoms with Crippen molar-refractivity contribution in [1.82, 2.24) is 4.57 Å². The number of benzene rings is 1. The maximum Gasteiger partial charge on any atom is 0.164 e. The third-order valence-corrected chi connectivity index (χ3v) is 3.07. The molecule has 0 radical (unpaired) electrons. The molecule has 0 spiro atoms. The number of para-hydroxylation sites is 1. The van der Waals surface area contributed by atoms with Gasteiger partial charge in [0.05, 0.1) is 0 Å². The van der Waals surface area contributed by atoms with Crippen LogP contribution in [0.3, 0.4) is 0 Å². The van der Waals surface area contributed by atoms with Crippen LogP contribution < -0.4 is 0 Å². The predicted octanol–water partition coefficient (Wildman–Crippen LogP) is 3.69. The van der Waals surface area contributed by atoms with E-state index in [0.717, 1.165) is 22.6 Å². The van der Waals surface area contributed by atoms with Gasteiger partial charge in [0.1, 0.15) is 0 Å². The summed E-state index contributed by atoms with van der Waals surface area (Å²) in [5.74, 6) is 0.209. The summed E-state index contributed by atoms with van der Waals surface area (Å²) in [6.45, 7) is 5.94. The van der Waals surface area contributed by atoms with Crippen molar-refractivity contribution in [3.8, 4) is 5.69 Å². The number of hydrogen-bond acceptors (Lipinski definition) is 1. The van der Waals surface area contributed by atoms with E-state index < -0.39 is 0 Å². The van der Waals surface area contributed by atoms with Crippen LogP contribution in [0.25, 0.3) is 5.69 Å². The van der Waals surface area contributed by atoms with Crippen molar-refractivity contribution >= 4 is 5.78 Å². The van der Waals surface area contributed by atoms with Gasteiger partial charge in [-0.25, -0.2) is 0 Å². The molecule has 17 heavy (non-hydrogen) atoms. The standard InChI is InChI=1S/C15H17NO/c1-4-15(17)14-10-11(2)16(12(14)3)13-8-6-5-7-9-13/h5-10H,4H2,1-3H3. The highest BCUT2D eigenvalue weighted by atomic mass is 16.1. The van der Waals surface area contributed by atoms with Crippen LogP contribution in [0, 0.1) is 13.8 Å². The van der Waals surface area contributed by atoms with E-state index in [-0.39, 0.29) is 5.78 Å². The number of rotatable bonds is 3. The van der Waals surface area contributed by atoms with Crippen molar-refractivity contribution < 1.29 is 4.79 Å². The Balaban J connectivity index is 2.57. The van der Waals surface area contributed by atoms with Gasteiger partial charge in [0.2, 0.25) is 0 Å². The highest BCUT2D eigenvalue weighted by molar-refractivity contribution is 5.97. The molecule has 2 rings (SSSR count). The molecule has 2 aromatic rings. The van der Waals surface area contributed by atoms with Crippen LogP contribution in [-0.4, -0.2) is 10.4 Å². The summed E-state index contributed by atoms with van der Waals surface area (Å²) in [7, 11) is 0. The summed E-state index contributed by atoms with van der Waals surface area (Å²) in [4.78, 5) is 11.8. The maximum atomic E-state index is 11.8. The molecule has 0 aliphatic rings. The molecule has 1 aromatic heterocycles. The summed E-state index contributed by atoms with van der Waals surface area (Å²) >= 11 is 0. The Labute approximate surface area is 102 Å². The topological polar surface area (TPSA) is 22.0 Å². The Morgan fingerprint density at radius 3 is 2.41 bits per heavy atom. The van der Waals surface area contributed by atoms with E-state index >= 15 is 0 Å². The van der Waals surface area contributed by atoms with Crippen LogP contribution in [0.2, 0.25) is 0 Å². The minimum atomic E-state index is 0.209. The molecule has 1 aromatic carbocycles. The van der Waals surface area contributed by atoms with Crippen molar-refractivity contribution in [2.75, 3.05) is 0 Å². The van der Waals surface area contributed by atoms with Crippen molar-refractivity contribution in [3.05, 3.63) is 53.3 Å². The fourth-order valence-corrected chi connectivity index (χ4v) is 2.21. The van der Waals surface area contributed by atoms with E-state index in [1.807, 2.05) is 45.0 Å². The number of carbonyl (C=O) groups excluding carboxylic acids is 1. The summed E-state index contributed by atoms with van der Waals surface area (Å²) in [5.41, 5.74) is 4.08. The normalized spacial score (nSPS) is 10.5. The average Bonchev–Trinajstić information content (AvgIpc) is 2.65. The average molecular weight is 227 g/mol. The number of carbonyl (C=O) groups is 1. The number of ketones is 1. The fraction of sp³-hybridized carbons (Fsp3) is 0.267. The molecular weight excluding hydrogens is 210 g/mol. The SMILES string of the molecule is CCC(=O)c1cc(C)n(-c2ccccc2)c1C. The molecule has 0 unspecified atom stereocenters. The van der Waals surface area contributed by atoms with Gasteiger partial charge in [-0.2, -0.15) is 0 Å². The largest absolute Gasteiger partial charge is 0.318 e. The highest BCUT2D eigenvalue weighted by Crippen LogP contribution is 2.21. The van der Waals surface area contributed by atoms with Gasteiger partial charge in [-0.05, 0) is 32.0 Å². The molecule has 2 nitrogen and oxygen atoms in total. The van der Waals surface area contributed by atoms with Gasteiger partial charge in [-0.15, -0.1) is 0 Å². The van der Waals surface area contributed by atoms with Gasteiger partial charge in [0.25, 0.3) is 0 Å². The first-order chi connectivity index (χ1) is 8.15. The molecule has 1 heterocycles. The van der Waals surface area contributed by atoms with Crippen LogP contribution in [-0.2, 0) is 0 Å². The van der Waals surface area contributed by atoms with Crippen molar-refractivity contribution in [2.45, 2.75) is 27.2 Å². The molecule has 0 amide bonds. The summed E-state index contributed by atoms with van der Waals surface area (Å²) < 4.78 is 2.13. The van der Waals surface area contributed by atoms with Gasteiger partial charge in [-0.3, -0.25) is 4.79 Å². The van der Waals surface area contributed by atoms with Crippen LogP contribution in [0.1, 0.15) is 35.1 Å². The molecule has 0 saturated heterocycles. The third-order valence-electron chi connectivity index (χ3n) is 3.07. The number of aryl methyl sites for hydroxylation is 1. The van der Waals surface area contributed by atoms with Crippen LogP contribution in [0.15, 0.2) is 36.4 Å². The lowest BCUT2D eigenvalue weighted by Crippen LogP contribution is -2.02. The third kappa shape index (κ3) is 2.03. The quantitative estimate of drug-likeness (QED) is 0.733. The summed E-state index contributed by atoms with van der Waals surface area (Å²) in [6.07, 6.45) is 0.555. The van der Waals surface area contributed by atoms with Crippen molar-refractivity contribution in [3.63, 3.8) is 0 Å². The van der Waals surface area contributed by atoms with Crippen LogP contribution in [0.5, 0.6) is 0 Å². The molecule has 0 saturated carbocycles. The minimum absolute atomic E-state index is 0.209. The smallest absolute Gasteiger partial charge is 0.164 e. The van der Waals surface area contributed by atoms with E-state index in [9.17, 15) is 4.79 Å². The van der Waals surface area contributed by atoms with Crippen molar-refractivity contribution in [1.29, 1.82) is 0 Å². The first-order valence-corrected chi connectivity index (χ1v) is 5.92.